The van der Waals surface area contributed by atoms with E-state index in [0.717, 1.165) is 19.3 Å². The summed E-state index contributed by atoms with van der Waals surface area (Å²) in [5, 5.41) is 2.52. The summed E-state index contributed by atoms with van der Waals surface area (Å²) >= 11 is 0. The van der Waals surface area contributed by atoms with Gasteiger partial charge < -0.3 is 5.32 Å². The third-order valence-electron chi connectivity index (χ3n) is 10.4. The minimum Gasteiger partial charge on any atom is -0.355 e. The lowest BCUT2D eigenvalue weighted by Crippen LogP contribution is -2.60. The average molecular weight is 510 g/mol. The van der Waals surface area contributed by atoms with Gasteiger partial charge in [0, 0.05) is 50.0 Å². The van der Waals surface area contributed by atoms with E-state index in [2.05, 4.69) is 19.2 Å². The van der Waals surface area contributed by atoms with E-state index in [1.807, 2.05) is 6.92 Å². The summed E-state index contributed by atoms with van der Waals surface area (Å²) in [5.41, 5.74) is -0.710. The standard InChI is InChI=1S/C26H39NO7S/c1-15(4-7-23(31)27-10-11-35(32,33)34)18-5-6-19-24-20(14-22(30)26(18,19)3)25(2)9-8-17(28)12-16(25)13-21(24)29/h15-16,18-20,24H,4-14H2,1-3H3,(H,27,31)(H,32,33,34)/t15-,16+,18-,19?,20?,24?,25+,26-/m1/s1. The molecular weight excluding hydrogens is 470 g/mol. The molecule has 0 heterocycles. The molecule has 9 heteroatoms. The van der Waals surface area contributed by atoms with Crippen LogP contribution in [0.15, 0.2) is 0 Å². The summed E-state index contributed by atoms with van der Waals surface area (Å²) in [6, 6.07) is 0. The minimum atomic E-state index is -4.12. The number of carbonyl (C=O) groups excluding carboxylic acids is 4. The van der Waals surface area contributed by atoms with Gasteiger partial charge in [0.2, 0.25) is 5.91 Å². The zero-order chi connectivity index (χ0) is 25.8. The number of amides is 1. The van der Waals surface area contributed by atoms with Crippen LogP contribution in [-0.4, -0.2) is 48.5 Å². The molecular formula is C26H39NO7S. The number of ketones is 3. The summed E-state index contributed by atoms with van der Waals surface area (Å²) in [4.78, 5) is 51.5. The molecule has 4 saturated carbocycles. The van der Waals surface area contributed by atoms with Gasteiger partial charge in [0.1, 0.15) is 17.3 Å². The van der Waals surface area contributed by atoms with E-state index >= 15 is 0 Å². The van der Waals surface area contributed by atoms with Crippen LogP contribution in [0.1, 0.15) is 78.6 Å². The maximum absolute atomic E-state index is 13.8. The lowest BCUT2D eigenvalue weighted by atomic mass is 9.44. The monoisotopic (exact) mass is 509 g/mol. The Bertz CT molecular complexity index is 1020. The van der Waals surface area contributed by atoms with Crippen LogP contribution in [0.25, 0.3) is 0 Å². The molecule has 0 spiro atoms. The lowest BCUT2D eigenvalue weighted by Gasteiger charge is -2.58. The fourth-order valence-corrected chi connectivity index (χ4v) is 8.72. The van der Waals surface area contributed by atoms with Crippen molar-refractivity contribution in [3.05, 3.63) is 0 Å². The number of fused-ring (bicyclic) bond motifs is 5. The molecule has 35 heavy (non-hydrogen) atoms. The van der Waals surface area contributed by atoms with Gasteiger partial charge >= 0.3 is 0 Å². The quantitative estimate of drug-likeness (QED) is 0.504. The Balaban J connectivity index is 1.45. The van der Waals surface area contributed by atoms with E-state index < -0.39 is 21.3 Å². The van der Waals surface area contributed by atoms with Gasteiger partial charge in [-0.05, 0) is 60.7 Å². The van der Waals surface area contributed by atoms with Gasteiger partial charge in [-0.2, -0.15) is 8.42 Å². The first-order chi connectivity index (χ1) is 16.3. The summed E-state index contributed by atoms with van der Waals surface area (Å²) in [7, 11) is -4.12. The van der Waals surface area contributed by atoms with Crippen molar-refractivity contribution in [1.29, 1.82) is 0 Å². The second-order valence-electron chi connectivity index (χ2n) is 12.1. The van der Waals surface area contributed by atoms with E-state index in [1.165, 1.54) is 0 Å². The van der Waals surface area contributed by atoms with Crippen LogP contribution in [0.5, 0.6) is 0 Å². The van der Waals surface area contributed by atoms with E-state index in [9.17, 15) is 27.6 Å². The summed E-state index contributed by atoms with van der Waals surface area (Å²) in [5.74, 6) is 0.108. The number of hydrogen-bond acceptors (Lipinski definition) is 6. The van der Waals surface area contributed by atoms with E-state index in [4.69, 9.17) is 4.55 Å². The van der Waals surface area contributed by atoms with Gasteiger partial charge in [0.05, 0.1) is 5.75 Å². The highest BCUT2D eigenvalue weighted by Crippen LogP contribution is 2.66. The van der Waals surface area contributed by atoms with Crippen LogP contribution in [0, 0.1) is 46.3 Å². The van der Waals surface area contributed by atoms with Gasteiger partial charge in [-0.1, -0.05) is 20.8 Å². The van der Waals surface area contributed by atoms with Crippen LogP contribution in [0.3, 0.4) is 0 Å². The van der Waals surface area contributed by atoms with Crippen molar-refractivity contribution in [1.82, 2.24) is 5.32 Å². The second kappa shape index (κ2) is 9.36. The summed E-state index contributed by atoms with van der Waals surface area (Å²) in [6.45, 7) is 6.18. The van der Waals surface area contributed by atoms with Crippen molar-refractivity contribution >= 4 is 33.4 Å². The van der Waals surface area contributed by atoms with E-state index in [0.29, 0.717) is 32.1 Å². The van der Waals surface area contributed by atoms with Gasteiger partial charge in [0.15, 0.2) is 0 Å². The molecule has 0 radical (unpaired) electrons. The summed E-state index contributed by atoms with van der Waals surface area (Å²) in [6.07, 6.45) is 5.13. The topological polar surface area (TPSA) is 135 Å². The number of Topliss-reactive ketones (excluding diaryl/α,β-unsaturated/α-hetero) is 3. The first kappa shape index (κ1) is 26.5. The van der Waals surface area contributed by atoms with Crippen LogP contribution < -0.4 is 5.32 Å². The van der Waals surface area contributed by atoms with Crippen molar-refractivity contribution in [2.45, 2.75) is 78.6 Å². The average Bonchev–Trinajstić information content (AvgIpc) is 3.12. The molecule has 4 fully saturated rings. The molecule has 2 N–H and O–H groups in total. The lowest BCUT2D eigenvalue weighted by molar-refractivity contribution is -0.166. The van der Waals surface area contributed by atoms with Gasteiger partial charge in [-0.3, -0.25) is 23.7 Å². The zero-order valence-corrected chi connectivity index (χ0v) is 21.9. The number of hydrogen-bond donors (Lipinski definition) is 2. The molecule has 0 aromatic heterocycles. The smallest absolute Gasteiger partial charge is 0.266 e. The largest absolute Gasteiger partial charge is 0.355 e. The van der Waals surface area contributed by atoms with Crippen molar-refractivity contribution < 1.29 is 32.1 Å². The molecule has 0 aromatic rings. The Morgan fingerprint density at radius 1 is 1.11 bits per heavy atom. The Morgan fingerprint density at radius 3 is 2.51 bits per heavy atom. The minimum absolute atomic E-state index is 0.0210. The molecule has 4 aliphatic rings. The Morgan fingerprint density at radius 2 is 1.83 bits per heavy atom. The molecule has 8 nitrogen and oxygen atoms in total. The molecule has 4 rings (SSSR count). The van der Waals surface area contributed by atoms with Crippen molar-refractivity contribution in [3.63, 3.8) is 0 Å². The molecule has 196 valence electrons. The molecule has 0 aromatic carbocycles. The fourth-order valence-electron chi connectivity index (χ4n) is 8.36. The maximum Gasteiger partial charge on any atom is 0.266 e. The highest BCUT2D eigenvalue weighted by molar-refractivity contribution is 7.85. The highest BCUT2D eigenvalue weighted by atomic mass is 32.2. The van der Waals surface area contributed by atoms with Crippen molar-refractivity contribution in [2.75, 3.05) is 12.3 Å². The number of carbonyl (C=O) groups is 4. The van der Waals surface area contributed by atoms with Crippen LogP contribution >= 0.6 is 0 Å². The fraction of sp³-hybridized carbons (Fsp3) is 0.846. The van der Waals surface area contributed by atoms with Crippen molar-refractivity contribution in [2.24, 2.45) is 46.3 Å². The molecule has 4 aliphatic carbocycles. The second-order valence-corrected chi connectivity index (χ2v) is 13.7. The molecule has 0 aliphatic heterocycles. The SMILES string of the molecule is C[C@H](CCC(=O)NCCS(=O)(=O)O)[C@H]1CCC2C3C(=O)C[C@@H]4CC(=O)CC[C@]4(C)C3CC(=O)[C@@]21C. The maximum atomic E-state index is 13.8. The van der Waals surface area contributed by atoms with Gasteiger partial charge in [-0.25, -0.2) is 0 Å². The number of rotatable bonds is 7. The first-order valence-electron chi connectivity index (χ1n) is 13.1. The highest BCUT2D eigenvalue weighted by Gasteiger charge is 2.66. The Hall–Kier alpha value is -1.61. The Kier molecular flexibility index (Phi) is 7.07. The molecule has 0 saturated heterocycles. The third-order valence-corrected chi connectivity index (χ3v) is 11.1. The van der Waals surface area contributed by atoms with Crippen molar-refractivity contribution in [3.8, 4) is 0 Å². The van der Waals surface area contributed by atoms with Gasteiger partial charge in [0.25, 0.3) is 10.1 Å². The third kappa shape index (κ3) is 4.75. The first-order valence-corrected chi connectivity index (χ1v) is 14.7. The molecule has 3 unspecified atom stereocenters. The van der Waals surface area contributed by atoms with Crippen LogP contribution in [-0.2, 0) is 29.3 Å². The predicted molar refractivity (Wildman–Crippen MR) is 129 cm³/mol. The van der Waals surface area contributed by atoms with Gasteiger partial charge in [-0.15, -0.1) is 0 Å². The number of nitrogens with one attached hydrogen (secondary N) is 1. The van der Waals surface area contributed by atoms with E-state index in [1.54, 1.807) is 0 Å². The summed E-state index contributed by atoms with van der Waals surface area (Å²) < 4.78 is 30.4. The molecule has 1 amide bonds. The van der Waals surface area contributed by atoms with Crippen LogP contribution in [0.4, 0.5) is 0 Å². The predicted octanol–water partition coefficient (Wildman–Crippen LogP) is 2.99. The zero-order valence-electron chi connectivity index (χ0n) is 21.0. The van der Waals surface area contributed by atoms with Crippen LogP contribution in [0.2, 0.25) is 0 Å². The normalized spacial score (nSPS) is 40.0. The Labute approximate surface area is 208 Å². The van der Waals surface area contributed by atoms with E-state index in [-0.39, 0.29) is 77.1 Å². The molecule has 0 bridgehead atoms. The molecule has 8 atom stereocenters.